The third-order valence-corrected chi connectivity index (χ3v) is 3.40. The molecule has 17 heavy (non-hydrogen) atoms. The zero-order valence-electron chi connectivity index (χ0n) is 9.75. The van der Waals surface area contributed by atoms with E-state index in [9.17, 15) is 4.39 Å². The minimum Gasteiger partial charge on any atom is -0.316 e. The zero-order chi connectivity index (χ0) is 11.5. The van der Waals surface area contributed by atoms with Crippen molar-refractivity contribution in [3.63, 3.8) is 0 Å². The van der Waals surface area contributed by atoms with Crippen molar-refractivity contribution in [2.45, 2.75) is 19.0 Å². The van der Waals surface area contributed by atoms with Crippen LogP contribution in [0, 0.1) is 5.82 Å². The summed E-state index contributed by atoms with van der Waals surface area (Å²) in [5.74, 6) is -0.280. The smallest absolute Gasteiger partial charge is 0.146 e. The predicted molar refractivity (Wildman–Crippen MR) is 71.4 cm³/mol. The predicted octanol–water partition coefficient (Wildman–Crippen LogP) is 2.69. The molecule has 5 heteroatoms. The van der Waals surface area contributed by atoms with Gasteiger partial charge in [-0.3, -0.25) is 4.90 Å². The minimum absolute atomic E-state index is 0. The van der Waals surface area contributed by atoms with Crippen LogP contribution in [0.2, 0.25) is 5.02 Å². The average Bonchev–Trinajstić information content (AvgIpc) is 2.73. The average molecular weight is 279 g/mol. The number of benzene rings is 1. The van der Waals surface area contributed by atoms with Gasteiger partial charge in [-0.1, -0.05) is 23.7 Å². The Balaban J connectivity index is 0.00000144. The minimum atomic E-state index is -0.280. The Kier molecular flexibility index (Phi) is 5.67. The van der Waals surface area contributed by atoms with Gasteiger partial charge in [0.05, 0.1) is 5.02 Å². The summed E-state index contributed by atoms with van der Waals surface area (Å²) < 4.78 is 13.7. The Labute approximate surface area is 113 Å². The highest BCUT2D eigenvalue weighted by atomic mass is 35.5. The van der Waals surface area contributed by atoms with E-state index in [1.54, 1.807) is 18.2 Å². The van der Waals surface area contributed by atoms with Crippen molar-refractivity contribution in [3.8, 4) is 0 Å². The molecule has 1 heterocycles. The van der Waals surface area contributed by atoms with Gasteiger partial charge in [-0.15, -0.1) is 12.4 Å². The molecule has 0 saturated carbocycles. The van der Waals surface area contributed by atoms with Gasteiger partial charge in [-0.2, -0.15) is 0 Å². The third kappa shape index (κ3) is 3.55. The largest absolute Gasteiger partial charge is 0.316 e. The maximum Gasteiger partial charge on any atom is 0.146 e. The highest BCUT2D eigenvalue weighted by Gasteiger charge is 2.21. The van der Waals surface area contributed by atoms with Gasteiger partial charge in [0.25, 0.3) is 0 Å². The number of nitrogens with zero attached hydrogens (tertiary/aromatic N) is 1. The fourth-order valence-electron chi connectivity index (χ4n) is 2.12. The second kappa shape index (κ2) is 6.55. The first-order chi connectivity index (χ1) is 7.70. The first-order valence-electron chi connectivity index (χ1n) is 5.53. The van der Waals surface area contributed by atoms with Gasteiger partial charge in [0, 0.05) is 31.2 Å². The van der Waals surface area contributed by atoms with E-state index in [1.165, 1.54) is 0 Å². The molecule has 1 unspecified atom stereocenters. The van der Waals surface area contributed by atoms with Crippen molar-refractivity contribution >= 4 is 24.0 Å². The van der Waals surface area contributed by atoms with Gasteiger partial charge in [0.1, 0.15) is 5.82 Å². The molecule has 1 saturated heterocycles. The van der Waals surface area contributed by atoms with Gasteiger partial charge >= 0.3 is 0 Å². The van der Waals surface area contributed by atoms with E-state index in [4.69, 9.17) is 11.6 Å². The van der Waals surface area contributed by atoms with E-state index >= 15 is 0 Å². The van der Waals surface area contributed by atoms with Gasteiger partial charge in [-0.25, -0.2) is 4.39 Å². The Bertz CT molecular complexity index is 374. The van der Waals surface area contributed by atoms with Crippen LogP contribution in [-0.2, 0) is 6.54 Å². The van der Waals surface area contributed by atoms with E-state index < -0.39 is 0 Å². The molecule has 2 nitrogen and oxygen atoms in total. The first-order valence-corrected chi connectivity index (χ1v) is 5.91. The van der Waals surface area contributed by atoms with Crippen LogP contribution in [0.4, 0.5) is 4.39 Å². The third-order valence-electron chi connectivity index (χ3n) is 3.11. The summed E-state index contributed by atoms with van der Waals surface area (Å²) >= 11 is 5.75. The molecular weight excluding hydrogens is 262 g/mol. The summed E-state index contributed by atoms with van der Waals surface area (Å²) in [5, 5.41) is 3.45. The monoisotopic (exact) mass is 278 g/mol. The van der Waals surface area contributed by atoms with Gasteiger partial charge in [0.15, 0.2) is 0 Å². The first kappa shape index (κ1) is 14.7. The summed E-state index contributed by atoms with van der Waals surface area (Å²) in [4.78, 5) is 2.25. The molecule has 1 fully saturated rings. The summed E-state index contributed by atoms with van der Waals surface area (Å²) in [6.45, 7) is 2.63. The lowest BCUT2D eigenvalue weighted by Crippen LogP contribution is -2.29. The topological polar surface area (TPSA) is 15.3 Å². The SMILES string of the molecule is CNC1CCN(Cc2cccc(Cl)c2F)C1.Cl. The summed E-state index contributed by atoms with van der Waals surface area (Å²) in [6, 6.07) is 5.71. The molecule has 1 aliphatic heterocycles. The van der Waals surface area contributed by atoms with Gasteiger partial charge < -0.3 is 5.32 Å². The molecule has 0 radical (unpaired) electrons. The fourth-order valence-corrected chi connectivity index (χ4v) is 2.32. The quantitative estimate of drug-likeness (QED) is 0.915. The number of likely N-dealkylation sites (N-methyl/N-ethyl adjacent to an activating group) is 1. The van der Waals surface area contributed by atoms with Crippen molar-refractivity contribution in [3.05, 3.63) is 34.6 Å². The van der Waals surface area contributed by atoms with Crippen molar-refractivity contribution in [2.24, 2.45) is 0 Å². The normalized spacial score (nSPS) is 20.3. The second-order valence-electron chi connectivity index (χ2n) is 4.22. The molecule has 1 aromatic carbocycles. The van der Waals surface area contributed by atoms with Crippen LogP contribution in [-0.4, -0.2) is 31.1 Å². The number of rotatable bonds is 3. The van der Waals surface area contributed by atoms with Gasteiger partial charge in [0.2, 0.25) is 0 Å². The summed E-state index contributed by atoms with van der Waals surface area (Å²) in [6.07, 6.45) is 1.12. The standard InChI is InChI=1S/C12H16ClFN2.ClH/c1-15-10-5-6-16(8-10)7-9-3-2-4-11(13)12(9)14;/h2-4,10,15H,5-8H2,1H3;1H. The molecule has 1 atom stereocenters. The Hall–Kier alpha value is -0.350. The zero-order valence-corrected chi connectivity index (χ0v) is 11.3. The Morgan fingerprint density at radius 3 is 2.94 bits per heavy atom. The highest BCUT2D eigenvalue weighted by Crippen LogP contribution is 2.21. The molecule has 96 valence electrons. The lowest BCUT2D eigenvalue weighted by atomic mass is 10.2. The molecule has 1 aromatic rings. The number of likely N-dealkylation sites (tertiary alicyclic amines) is 1. The Morgan fingerprint density at radius 2 is 2.29 bits per heavy atom. The second-order valence-corrected chi connectivity index (χ2v) is 4.63. The molecule has 0 aromatic heterocycles. The molecule has 0 amide bonds. The summed E-state index contributed by atoms with van der Waals surface area (Å²) in [7, 11) is 1.97. The van der Waals surface area contributed by atoms with E-state index in [2.05, 4.69) is 10.2 Å². The maximum atomic E-state index is 13.7. The Morgan fingerprint density at radius 1 is 1.53 bits per heavy atom. The lowest BCUT2D eigenvalue weighted by Gasteiger charge is -2.16. The molecular formula is C12H17Cl2FN2. The van der Waals surface area contributed by atoms with Crippen LogP contribution >= 0.6 is 24.0 Å². The van der Waals surface area contributed by atoms with Crippen molar-refractivity contribution in [1.29, 1.82) is 0 Å². The van der Waals surface area contributed by atoms with Crippen molar-refractivity contribution < 1.29 is 4.39 Å². The van der Waals surface area contributed by atoms with Crippen LogP contribution in [0.1, 0.15) is 12.0 Å². The van der Waals surface area contributed by atoms with E-state index in [1.807, 2.05) is 7.05 Å². The molecule has 1 N–H and O–H groups in total. The molecule has 0 aliphatic carbocycles. The van der Waals surface area contributed by atoms with Crippen LogP contribution in [0.5, 0.6) is 0 Å². The van der Waals surface area contributed by atoms with Gasteiger partial charge in [-0.05, 0) is 19.5 Å². The molecule has 0 bridgehead atoms. The van der Waals surface area contributed by atoms with Crippen LogP contribution in [0.15, 0.2) is 18.2 Å². The molecule has 0 spiro atoms. The van der Waals surface area contributed by atoms with E-state index in [0.29, 0.717) is 18.2 Å². The lowest BCUT2D eigenvalue weighted by molar-refractivity contribution is 0.317. The van der Waals surface area contributed by atoms with Crippen molar-refractivity contribution in [1.82, 2.24) is 10.2 Å². The molecule has 2 rings (SSSR count). The highest BCUT2D eigenvalue weighted by molar-refractivity contribution is 6.30. The molecule has 1 aliphatic rings. The number of halogens is 3. The van der Waals surface area contributed by atoms with Crippen molar-refractivity contribution in [2.75, 3.05) is 20.1 Å². The van der Waals surface area contributed by atoms with Crippen LogP contribution in [0.3, 0.4) is 0 Å². The maximum absolute atomic E-state index is 13.7. The van der Waals surface area contributed by atoms with Crippen LogP contribution in [0.25, 0.3) is 0 Å². The number of hydrogen-bond donors (Lipinski definition) is 1. The fraction of sp³-hybridized carbons (Fsp3) is 0.500. The number of hydrogen-bond acceptors (Lipinski definition) is 2. The van der Waals surface area contributed by atoms with E-state index in [-0.39, 0.29) is 23.2 Å². The van der Waals surface area contributed by atoms with Crippen LogP contribution < -0.4 is 5.32 Å². The van der Waals surface area contributed by atoms with E-state index in [0.717, 1.165) is 19.5 Å². The number of nitrogens with one attached hydrogen (secondary N) is 1. The summed E-state index contributed by atoms with van der Waals surface area (Å²) in [5.41, 5.74) is 0.684.